The van der Waals surface area contributed by atoms with Gasteiger partial charge in [0, 0.05) is 26.7 Å². The van der Waals surface area contributed by atoms with Crippen molar-refractivity contribution in [2.75, 3.05) is 13.4 Å². The molecule has 0 N–H and O–H groups in total. The number of ether oxygens (including phenoxy) is 3. The van der Waals surface area contributed by atoms with Crippen molar-refractivity contribution in [2.24, 2.45) is 0 Å². The molecule has 0 heterocycles. The second-order valence-electron chi connectivity index (χ2n) is 8.15. The molecule has 162 valence electrons. The molecule has 0 unspecified atom stereocenters. The van der Waals surface area contributed by atoms with E-state index < -0.39 is 14.0 Å². The molecular formula is C23H29BrO5Si. The van der Waals surface area contributed by atoms with E-state index in [1.807, 2.05) is 30.3 Å². The lowest BCUT2D eigenvalue weighted by Crippen LogP contribution is -2.22. The molecule has 0 aliphatic heterocycles. The van der Waals surface area contributed by atoms with Gasteiger partial charge in [-0.1, -0.05) is 50.0 Å². The molecule has 0 aromatic heterocycles. The van der Waals surface area contributed by atoms with Gasteiger partial charge in [-0.25, -0.2) is 4.79 Å². The summed E-state index contributed by atoms with van der Waals surface area (Å²) in [6.07, 6.45) is 1.49. The summed E-state index contributed by atoms with van der Waals surface area (Å²) in [6, 6.07) is 14.0. The maximum absolute atomic E-state index is 12.7. The molecule has 2 aromatic rings. The Kier molecular flexibility index (Phi) is 9.75. The van der Waals surface area contributed by atoms with Gasteiger partial charge in [0.05, 0.1) is 10.0 Å². The van der Waals surface area contributed by atoms with E-state index in [9.17, 15) is 9.59 Å². The normalized spacial score (nSPS) is 11.2. The summed E-state index contributed by atoms with van der Waals surface area (Å²) in [6.45, 7) is 7.76. The number of rotatable bonds is 12. The highest BCUT2D eigenvalue weighted by atomic mass is 79.9. The van der Waals surface area contributed by atoms with Crippen LogP contribution in [0.1, 0.15) is 27.9 Å². The maximum Gasteiger partial charge on any atom is 0.338 e. The van der Waals surface area contributed by atoms with Crippen molar-refractivity contribution in [1.82, 2.24) is 0 Å². The monoisotopic (exact) mass is 492 g/mol. The second-order valence-corrected chi connectivity index (χ2v) is 14.6. The summed E-state index contributed by atoms with van der Waals surface area (Å²) in [5.74, 6) is 0.0655. The Morgan fingerprint density at radius 1 is 1.10 bits per heavy atom. The van der Waals surface area contributed by atoms with Crippen LogP contribution in [0, 0.1) is 0 Å². The third kappa shape index (κ3) is 8.05. The standard InChI is InChI=1S/C23H29BrO5Si/c1-30(2,3)15-14-27-17-29-22-19(10-7-13-25)20(11-12-21(22)24)23(26)28-16-18-8-5-4-6-9-18/h4-6,8-9,11-13H,7,10,14-17H2,1-3H3. The van der Waals surface area contributed by atoms with Crippen LogP contribution in [0.2, 0.25) is 25.7 Å². The fourth-order valence-corrected chi connectivity index (χ4v) is 3.98. The molecule has 0 saturated heterocycles. The van der Waals surface area contributed by atoms with Gasteiger partial charge >= 0.3 is 5.97 Å². The van der Waals surface area contributed by atoms with Crippen molar-refractivity contribution in [3.05, 3.63) is 63.6 Å². The first-order valence-electron chi connectivity index (χ1n) is 9.98. The highest BCUT2D eigenvalue weighted by Gasteiger charge is 2.20. The Bertz CT molecular complexity index is 833. The Morgan fingerprint density at radius 3 is 2.50 bits per heavy atom. The molecule has 2 rings (SSSR count). The highest BCUT2D eigenvalue weighted by Crippen LogP contribution is 2.33. The van der Waals surface area contributed by atoms with Gasteiger partial charge in [-0.15, -0.1) is 0 Å². The summed E-state index contributed by atoms with van der Waals surface area (Å²) in [5, 5.41) is 0. The van der Waals surface area contributed by atoms with Crippen LogP contribution < -0.4 is 4.74 Å². The molecule has 0 atom stereocenters. The van der Waals surface area contributed by atoms with E-state index >= 15 is 0 Å². The van der Waals surface area contributed by atoms with Crippen molar-refractivity contribution >= 4 is 36.3 Å². The molecule has 30 heavy (non-hydrogen) atoms. The van der Waals surface area contributed by atoms with E-state index in [1.165, 1.54) is 0 Å². The van der Waals surface area contributed by atoms with Crippen molar-refractivity contribution < 1.29 is 23.8 Å². The van der Waals surface area contributed by atoms with Crippen LogP contribution in [-0.2, 0) is 27.3 Å². The third-order valence-corrected chi connectivity index (χ3v) is 6.77. The number of aldehydes is 1. The molecule has 0 fully saturated rings. The van der Waals surface area contributed by atoms with Crippen molar-refractivity contribution in [2.45, 2.75) is 45.1 Å². The van der Waals surface area contributed by atoms with Gasteiger partial charge in [-0.3, -0.25) is 0 Å². The number of benzene rings is 2. The minimum atomic E-state index is -1.18. The lowest BCUT2D eigenvalue weighted by molar-refractivity contribution is -0.107. The number of esters is 1. The van der Waals surface area contributed by atoms with E-state index in [4.69, 9.17) is 14.2 Å². The Labute approximate surface area is 187 Å². The number of carbonyl (C=O) groups is 2. The van der Waals surface area contributed by atoms with Crippen molar-refractivity contribution in [1.29, 1.82) is 0 Å². The summed E-state index contributed by atoms with van der Waals surface area (Å²) < 4.78 is 17.7. The molecule has 5 nitrogen and oxygen atoms in total. The van der Waals surface area contributed by atoms with Gasteiger partial charge in [0.25, 0.3) is 0 Å². The minimum Gasteiger partial charge on any atom is -0.466 e. The van der Waals surface area contributed by atoms with Crippen LogP contribution in [0.3, 0.4) is 0 Å². The summed E-state index contributed by atoms with van der Waals surface area (Å²) in [5.41, 5.74) is 1.95. The van der Waals surface area contributed by atoms with E-state index in [2.05, 4.69) is 35.6 Å². The molecule has 0 amide bonds. The van der Waals surface area contributed by atoms with Crippen molar-refractivity contribution in [3.8, 4) is 5.75 Å². The Balaban J connectivity index is 2.11. The van der Waals surface area contributed by atoms with Crippen LogP contribution >= 0.6 is 15.9 Å². The fourth-order valence-electron chi connectivity index (χ4n) is 2.74. The summed E-state index contributed by atoms with van der Waals surface area (Å²) >= 11 is 3.48. The van der Waals surface area contributed by atoms with Gasteiger partial charge in [-0.2, -0.15) is 0 Å². The van der Waals surface area contributed by atoms with Gasteiger partial charge in [0.1, 0.15) is 18.6 Å². The van der Waals surface area contributed by atoms with Crippen LogP contribution in [0.25, 0.3) is 0 Å². The van der Waals surface area contributed by atoms with E-state index in [0.29, 0.717) is 34.4 Å². The third-order valence-electron chi connectivity index (χ3n) is 4.44. The quantitative estimate of drug-likeness (QED) is 0.126. The van der Waals surface area contributed by atoms with Crippen LogP contribution in [-0.4, -0.2) is 33.7 Å². The van der Waals surface area contributed by atoms with Gasteiger partial charge in [0.2, 0.25) is 0 Å². The molecule has 0 spiro atoms. The zero-order valence-electron chi connectivity index (χ0n) is 17.8. The average molecular weight is 493 g/mol. The second kappa shape index (κ2) is 12.0. The zero-order valence-corrected chi connectivity index (χ0v) is 20.4. The molecule has 2 aromatic carbocycles. The van der Waals surface area contributed by atoms with E-state index in [1.54, 1.807) is 12.1 Å². The zero-order chi connectivity index (χ0) is 22.0. The first-order chi connectivity index (χ1) is 14.3. The topological polar surface area (TPSA) is 61.8 Å². The predicted octanol–water partition coefficient (Wildman–Crippen LogP) is 5.63. The summed E-state index contributed by atoms with van der Waals surface area (Å²) in [4.78, 5) is 23.7. The molecule has 7 heteroatoms. The van der Waals surface area contributed by atoms with Crippen LogP contribution in [0.5, 0.6) is 5.75 Å². The SMILES string of the molecule is C[Si](C)(C)CCOCOc1c(Br)ccc(C(=O)OCc2ccccc2)c1CCC=O. The molecule has 0 saturated carbocycles. The van der Waals surface area contributed by atoms with E-state index in [-0.39, 0.29) is 19.8 Å². The predicted molar refractivity (Wildman–Crippen MR) is 124 cm³/mol. The first kappa shape index (κ1) is 24.3. The molecule has 0 aliphatic rings. The van der Waals surface area contributed by atoms with Gasteiger partial charge in [0.15, 0.2) is 6.79 Å². The van der Waals surface area contributed by atoms with Crippen LogP contribution in [0.15, 0.2) is 46.9 Å². The van der Waals surface area contributed by atoms with E-state index in [0.717, 1.165) is 17.9 Å². The Hall–Kier alpha value is -1.96. The first-order valence-corrected chi connectivity index (χ1v) is 14.5. The largest absolute Gasteiger partial charge is 0.466 e. The van der Waals surface area contributed by atoms with Gasteiger partial charge < -0.3 is 19.0 Å². The number of hydrogen-bond donors (Lipinski definition) is 0. The summed E-state index contributed by atoms with van der Waals surface area (Å²) in [7, 11) is -1.18. The number of halogens is 1. The highest BCUT2D eigenvalue weighted by molar-refractivity contribution is 9.10. The smallest absolute Gasteiger partial charge is 0.338 e. The molecule has 0 aliphatic carbocycles. The molecule has 0 bridgehead atoms. The number of hydrogen-bond acceptors (Lipinski definition) is 5. The van der Waals surface area contributed by atoms with Crippen molar-refractivity contribution in [3.63, 3.8) is 0 Å². The minimum absolute atomic E-state index is 0.0830. The lowest BCUT2D eigenvalue weighted by atomic mass is 10.0. The Morgan fingerprint density at radius 2 is 1.83 bits per heavy atom. The van der Waals surface area contributed by atoms with Gasteiger partial charge in [-0.05, 0) is 46.1 Å². The molecule has 0 radical (unpaired) electrons. The lowest BCUT2D eigenvalue weighted by Gasteiger charge is -2.18. The fraction of sp³-hybridized carbons (Fsp3) is 0.391. The molecular weight excluding hydrogens is 464 g/mol. The average Bonchev–Trinajstić information content (AvgIpc) is 2.71. The van der Waals surface area contributed by atoms with Crippen LogP contribution in [0.4, 0.5) is 0 Å². The maximum atomic E-state index is 12.7. The number of carbonyl (C=O) groups excluding carboxylic acids is 2.